The molecule has 7 nitrogen and oxygen atoms in total. The second-order valence-corrected chi connectivity index (χ2v) is 8.98. The Morgan fingerprint density at radius 3 is 2.45 bits per heavy atom. The van der Waals surface area contributed by atoms with E-state index in [0.717, 1.165) is 18.9 Å². The van der Waals surface area contributed by atoms with E-state index in [2.05, 4.69) is 10.6 Å². The minimum absolute atomic E-state index is 0.0129. The fourth-order valence-corrected chi connectivity index (χ4v) is 4.63. The molecule has 4 rings (SSSR count). The molecule has 1 aliphatic carbocycles. The highest BCUT2D eigenvalue weighted by molar-refractivity contribution is 6.03. The topological polar surface area (TPSA) is 81.8 Å². The zero-order chi connectivity index (χ0) is 24.1. The Morgan fingerprint density at radius 1 is 1.21 bits per heavy atom. The van der Waals surface area contributed by atoms with Crippen LogP contribution < -0.4 is 10.6 Å². The van der Waals surface area contributed by atoms with E-state index in [1.54, 1.807) is 6.92 Å². The SMILES string of the molecule is CCN1C(=O)NC(c2ccccc2C(F)(F)F)C2=C1CN(C(C(=O)NC1CC1)C(C)C)C2=O. The van der Waals surface area contributed by atoms with Gasteiger partial charge in [0.15, 0.2) is 0 Å². The summed E-state index contributed by atoms with van der Waals surface area (Å²) in [5, 5.41) is 5.51. The lowest BCUT2D eigenvalue weighted by molar-refractivity contribution is -0.139. The summed E-state index contributed by atoms with van der Waals surface area (Å²) < 4.78 is 41.2. The zero-order valence-electron chi connectivity index (χ0n) is 18.7. The van der Waals surface area contributed by atoms with Gasteiger partial charge in [0.2, 0.25) is 5.91 Å². The van der Waals surface area contributed by atoms with E-state index in [1.807, 2.05) is 13.8 Å². The van der Waals surface area contributed by atoms with E-state index in [4.69, 9.17) is 0 Å². The predicted octanol–water partition coefficient (Wildman–Crippen LogP) is 3.19. The van der Waals surface area contributed by atoms with Crippen LogP contribution in [0.2, 0.25) is 0 Å². The van der Waals surface area contributed by atoms with E-state index in [9.17, 15) is 27.6 Å². The molecule has 33 heavy (non-hydrogen) atoms. The van der Waals surface area contributed by atoms with Crippen molar-refractivity contribution in [1.82, 2.24) is 20.4 Å². The van der Waals surface area contributed by atoms with E-state index < -0.39 is 35.8 Å². The molecule has 0 spiro atoms. The minimum Gasteiger partial charge on any atom is -0.352 e. The highest BCUT2D eigenvalue weighted by Gasteiger charge is 2.49. The molecular formula is C23H27F3N4O3. The third-order valence-corrected chi connectivity index (χ3v) is 6.30. The molecule has 2 atom stereocenters. The molecule has 0 aromatic heterocycles. The molecule has 2 heterocycles. The first-order valence-electron chi connectivity index (χ1n) is 11.1. The van der Waals surface area contributed by atoms with Gasteiger partial charge in [-0.3, -0.25) is 14.5 Å². The molecule has 0 radical (unpaired) electrons. The Labute approximate surface area is 190 Å². The Kier molecular flexibility index (Phi) is 5.88. The number of halogens is 3. The molecule has 1 aromatic carbocycles. The van der Waals surface area contributed by atoms with Gasteiger partial charge in [0.05, 0.1) is 29.4 Å². The second-order valence-electron chi connectivity index (χ2n) is 8.98. The Bertz CT molecular complexity index is 1020. The lowest BCUT2D eigenvalue weighted by Crippen LogP contribution is -2.51. The van der Waals surface area contributed by atoms with Crippen LogP contribution in [-0.2, 0) is 15.8 Å². The summed E-state index contributed by atoms with van der Waals surface area (Å²) >= 11 is 0. The second kappa shape index (κ2) is 8.39. The average molecular weight is 464 g/mol. The Balaban J connectivity index is 1.76. The van der Waals surface area contributed by atoms with Gasteiger partial charge in [-0.15, -0.1) is 0 Å². The van der Waals surface area contributed by atoms with Gasteiger partial charge in [-0.05, 0) is 37.3 Å². The third kappa shape index (κ3) is 4.18. The van der Waals surface area contributed by atoms with Crippen molar-refractivity contribution >= 4 is 17.8 Å². The van der Waals surface area contributed by atoms with Gasteiger partial charge in [0.1, 0.15) is 6.04 Å². The molecule has 2 aliphatic heterocycles. The number of carbonyl (C=O) groups excluding carboxylic acids is 3. The number of likely N-dealkylation sites (N-methyl/N-ethyl adjacent to an activating group) is 1. The van der Waals surface area contributed by atoms with Gasteiger partial charge in [0.25, 0.3) is 5.91 Å². The lowest BCUT2D eigenvalue weighted by atomic mass is 9.91. The number of amides is 4. The standard InChI is InChI=1S/C23H27F3N4O3/c1-4-29-16-11-30(19(12(2)3)20(31)27-13-9-10-13)21(32)17(16)18(28-22(29)33)14-7-5-6-8-15(14)23(24,25)26/h5-8,12-13,18-19H,4,9-11H2,1-3H3,(H,27,31)(H,28,33). The van der Waals surface area contributed by atoms with Crippen molar-refractivity contribution in [1.29, 1.82) is 0 Å². The van der Waals surface area contributed by atoms with Gasteiger partial charge in [0, 0.05) is 12.6 Å². The van der Waals surface area contributed by atoms with Crippen molar-refractivity contribution in [2.24, 2.45) is 5.92 Å². The number of nitrogens with one attached hydrogen (secondary N) is 2. The maximum Gasteiger partial charge on any atom is 0.416 e. The fraction of sp³-hybridized carbons (Fsp3) is 0.522. The Morgan fingerprint density at radius 2 is 1.88 bits per heavy atom. The van der Waals surface area contributed by atoms with Gasteiger partial charge in [-0.2, -0.15) is 13.2 Å². The van der Waals surface area contributed by atoms with E-state index >= 15 is 0 Å². The van der Waals surface area contributed by atoms with E-state index in [-0.39, 0.29) is 42.1 Å². The summed E-state index contributed by atoms with van der Waals surface area (Å²) in [6, 6.07) is 2.39. The number of benzene rings is 1. The number of hydrogen-bond donors (Lipinski definition) is 2. The van der Waals surface area contributed by atoms with Gasteiger partial charge in [-0.25, -0.2) is 4.79 Å². The van der Waals surface area contributed by atoms with Gasteiger partial charge >= 0.3 is 12.2 Å². The average Bonchev–Trinajstić information content (AvgIpc) is 3.49. The number of nitrogens with zero attached hydrogens (tertiary/aromatic N) is 2. The van der Waals surface area contributed by atoms with Gasteiger partial charge < -0.3 is 15.5 Å². The van der Waals surface area contributed by atoms with Gasteiger partial charge in [-0.1, -0.05) is 32.0 Å². The molecule has 1 saturated carbocycles. The van der Waals surface area contributed by atoms with Crippen LogP contribution in [0, 0.1) is 5.92 Å². The summed E-state index contributed by atoms with van der Waals surface area (Å²) in [6.45, 7) is 5.58. The largest absolute Gasteiger partial charge is 0.416 e. The summed E-state index contributed by atoms with van der Waals surface area (Å²) in [7, 11) is 0. The number of carbonyl (C=O) groups is 3. The molecule has 2 N–H and O–H groups in total. The number of urea groups is 1. The number of alkyl halides is 3. The van der Waals surface area contributed by atoms with Crippen molar-refractivity contribution in [3.63, 3.8) is 0 Å². The first-order chi connectivity index (χ1) is 15.5. The van der Waals surface area contributed by atoms with Crippen molar-refractivity contribution in [2.45, 2.75) is 57.9 Å². The number of rotatable bonds is 6. The van der Waals surface area contributed by atoms with Crippen molar-refractivity contribution in [2.75, 3.05) is 13.1 Å². The molecule has 1 aromatic rings. The van der Waals surface area contributed by atoms with Crippen LogP contribution in [0.25, 0.3) is 0 Å². The van der Waals surface area contributed by atoms with Crippen LogP contribution in [0.3, 0.4) is 0 Å². The molecule has 1 fully saturated rings. The smallest absolute Gasteiger partial charge is 0.352 e. The summed E-state index contributed by atoms with van der Waals surface area (Å²) in [4.78, 5) is 42.1. The van der Waals surface area contributed by atoms with Crippen LogP contribution in [0.4, 0.5) is 18.0 Å². The molecule has 0 saturated heterocycles. The van der Waals surface area contributed by atoms with Crippen molar-refractivity contribution in [3.05, 3.63) is 46.7 Å². The fourth-order valence-electron chi connectivity index (χ4n) is 4.63. The molecule has 3 aliphatic rings. The summed E-state index contributed by atoms with van der Waals surface area (Å²) in [5.74, 6) is -1.04. The molecule has 178 valence electrons. The molecular weight excluding hydrogens is 437 g/mol. The molecule has 10 heteroatoms. The molecule has 2 unspecified atom stereocenters. The summed E-state index contributed by atoms with van der Waals surface area (Å²) in [5.41, 5.74) is -0.679. The van der Waals surface area contributed by atoms with Crippen LogP contribution in [0.1, 0.15) is 50.8 Å². The van der Waals surface area contributed by atoms with E-state index in [0.29, 0.717) is 5.70 Å². The van der Waals surface area contributed by atoms with Crippen LogP contribution in [0.5, 0.6) is 0 Å². The lowest BCUT2D eigenvalue weighted by Gasteiger charge is -2.33. The minimum atomic E-state index is -4.66. The predicted molar refractivity (Wildman–Crippen MR) is 114 cm³/mol. The zero-order valence-corrected chi connectivity index (χ0v) is 18.7. The van der Waals surface area contributed by atoms with Crippen molar-refractivity contribution in [3.8, 4) is 0 Å². The molecule has 4 amide bonds. The normalized spacial score (nSPS) is 22.0. The highest BCUT2D eigenvalue weighted by Crippen LogP contribution is 2.42. The van der Waals surface area contributed by atoms with Crippen LogP contribution in [-0.4, -0.2) is 52.8 Å². The first-order valence-corrected chi connectivity index (χ1v) is 11.1. The maximum absolute atomic E-state index is 13.7. The highest BCUT2D eigenvalue weighted by atomic mass is 19.4. The van der Waals surface area contributed by atoms with Crippen LogP contribution in [0.15, 0.2) is 35.5 Å². The quantitative estimate of drug-likeness (QED) is 0.679. The summed E-state index contributed by atoms with van der Waals surface area (Å²) in [6.07, 6.45) is -2.88. The van der Waals surface area contributed by atoms with Crippen molar-refractivity contribution < 1.29 is 27.6 Å². The number of hydrogen-bond acceptors (Lipinski definition) is 3. The maximum atomic E-state index is 13.7. The third-order valence-electron chi connectivity index (χ3n) is 6.30. The first kappa shape index (κ1) is 23.1. The van der Waals surface area contributed by atoms with E-state index in [1.165, 1.54) is 28.0 Å². The molecule has 0 bridgehead atoms. The monoisotopic (exact) mass is 464 g/mol. The van der Waals surface area contributed by atoms with Crippen LogP contribution >= 0.6 is 0 Å². The Hall–Kier alpha value is -3.04.